The molecule has 158 valence electrons. The van der Waals surface area contributed by atoms with Gasteiger partial charge < -0.3 is 21.1 Å². The van der Waals surface area contributed by atoms with E-state index in [0.717, 1.165) is 35.4 Å². The molecule has 1 saturated heterocycles. The molecule has 4 rings (SSSR count). The van der Waals surface area contributed by atoms with Crippen LogP contribution in [0.4, 0.5) is 5.69 Å². The van der Waals surface area contributed by atoms with Gasteiger partial charge in [-0.15, -0.1) is 0 Å². The zero-order chi connectivity index (χ0) is 21.4. The first-order chi connectivity index (χ1) is 14.4. The Morgan fingerprint density at radius 3 is 2.87 bits per heavy atom. The van der Waals surface area contributed by atoms with Crippen molar-refractivity contribution in [1.82, 2.24) is 19.3 Å². The molecule has 1 atom stereocenters. The van der Waals surface area contributed by atoms with Crippen LogP contribution in [0, 0.1) is 6.92 Å². The first kappa shape index (κ1) is 20.6. The molecule has 1 aliphatic heterocycles. The number of imidazole rings is 1. The molecule has 0 saturated carbocycles. The summed E-state index contributed by atoms with van der Waals surface area (Å²) in [7, 11) is 1.65. The highest BCUT2D eigenvalue weighted by Crippen LogP contribution is 2.33. The van der Waals surface area contributed by atoms with Crippen molar-refractivity contribution in [3.63, 3.8) is 0 Å². The van der Waals surface area contributed by atoms with E-state index in [1.807, 2.05) is 17.9 Å². The molecule has 2 aromatic heterocycles. The van der Waals surface area contributed by atoms with Crippen LogP contribution in [0.25, 0.3) is 17.0 Å². The van der Waals surface area contributed by atoms with Crippen LogP contribution < -0.4 is 11.5 Å². The second-order valence-electron chi connectivity index (χ2n) is 7.51. The molecule has 4 N–H and O–H groups in total. The fraction of sp³-hybridized carbons (Fsp3) is 0.381. The summed E-state index contributed by atoms with van der Waals surface area (Å²) in [6.07, 6.45) is 3.59. The van der Waals surface area contributed by atoms with Crippen molar-refractivity contribution >= 4 is 29.0 Å². The topological polar surface area (TPSA) is 112 Å². The van der Waals surface area contributed by atoms with Crippen LogP contribution >= 0.6 is 11.6 Å². The normalized spacial score (nSPS) is 16.5. The second-order valence-corrected chi connectivity index (χ2v) is 7.94. The van der Waals surface area contributed by atoms with Crippen LogP contribution in [-0.4, -0.2) is 51.5 Å². The maximum absolute atomic E-state index is 13.2. The molecule has 1 fully saturated rings. The van der Waals surface area contributed by atoms with Gasteiger partial charge in [0.1, 0.15) is 5.69 Å². The predicted octanol–water partition coefficient (Wildman–Crippen LogP) is 2.65. The average molecular weight is 429 g/mol. The number of halogens is 1. The lowest BCUT2D eigenvalue weighted by Crippen LogP contribution is -2.38. The number of methoxy groups -OCH3 is 1. The standard InChI is InChI=1S/C21H25ClN6O2/c1-12-16(9-23)19(15-6-5-13(22)8-17(15)24)28-10-18(26-21(28)25-12)20(29)27-7-3-4-14(27)11-30-2/h5-6,8,10,14H,3-4,7,9,11,23-24H2,1-2H3/t14-/m1/s1. The molecule has 0 aliphatic carbocycles. The van der Waals surface area contributed by atoms with Crippen molar-refractivity contribution in [3.05, 3.63) is 46.4 Å². The highest BCUT2D eigenvalue weighted by atomic mass is 35.5. The van der Waals surface area contributed by atoms with Gasteiger partial charge in [-0.25, -0.2) is 9.97 Å². The zero-order valence-electron chi connectivity index (χ0n) is 17.1. The molecule has 0 radical (unpaired) electrons. The molecule has 8 nitrogen and oxygen atoms in total. The minimum atomic E-state index is -0.123. The van der Waals surface area contributed by atoms with Gasteiger partial charge in [-0.2, -0.15) is 0 Å². The third-order valence-electron chi connectivity index (χ3n) is 5.61. The lowest BCUT2D eigenvalue weighted by molar-refractivity contribution is 0.0625. The van der Waals surface area contributed by atoms with Gasteiger partial charge in [0.05, 0.1) is 18.3 Å². The highest BCUT2D eigenvalue weighted by Gasteiger charge is 2.31. The molecule has 9 heteroatoms. The number of anilines is 1. The summed E-state index contributed by atoms with van der Waals surface area (Å²) in [6, 6.07) is 5.38. The minimum Gasteiger partial charge on any atom is -0.398 e. The summed E-state index contributed by atoms with van der Waals surface area (Å²) in [6.45, 7) is 3.36. The van der Waals surface area contributed by atoms with Crippen molar-refractivity contribution in [1.29, 1.82) is 0 Å². The number of rotatable bonds is 5. The number of aromatic nitrogens is 3. The number of carbonyl (C=O) groups is 1. The molecule has 3 heterocycles. The van der Waals surface area contributed by atoms with Crippen molar-refractivity contribution in [2.75, 3.05) is 26.0 Å². The Kier molecular flexibility index (Phi) is 5.64. The van der Waals surface area contributed by atoms with E-state index < -0.39 is 0 Å². The number of benzene rings is 1. The number of nitrogens with zero attached hydrogens (tertiary/aromatic N) is 4. The van der Waals surface area contributed by atoms with Gasteiger partial charge in [0.25, 0.3) is 5.91 Å². The summed E-state index contributed by atoms with van der Waals surface area (Å²) in [5.41, 5.74) is 16.3. The Morgan fingerprint density at radius 2 is 2.17 bits per heavy atom. The number of carbonyl (C=O) groups excluding carboxylic acids is 1. The largest absolute Gasteiger partial charge is 0.398 e. The van der Waals surface area contributed by atoms with E-state index >= 15 is 0 Å². The molecule has 0 spiro atoms. The van der Waals surface area contributed by atoms with Gasteiger partial charge in [-0.1, -0.05) is 11.6 Å². The number of fused-ring (bicyclic) bond motifs is 1. The monoisotopic (exact) mass is 428 g/mol. The van der Waals surface area contributed by atoms with Gasteiger partial charge in [-0.05, 0) is 38.0 Å². The SMILES string of the molecule is COC[C@H]1CCCN1C(=O)c1cn2c(-c3ccc(Cl)cc3N)c(CN)c(C)nc2n1. The van der Waals surface area contributed by atoms with Crippen LogP contribution in [0.3, 0.4) is 0 Å². The summed E-state index contributed by atoms with van der Waals surface area (Å²) in [5, 5.41) is 0.548. The Bertz CT molecular complexity index is 1110. The molecule has 0 bridgehead atoms. The van der Waals surface area contributed by atoms with E-state index in [0.29, 0.717) is 35.3 Å². The molecule has 1 aromatic carbocycles. The van der Waals surface area contributed by atoms with E-state index in [-0.39, 0.29) is 18.5 Å². The molecule has 1 amide bonds. The van der Waals surface area contributed by atoms with Gasteiger partial charge in [0.15, 0.2) is 0 Å². The molecular weight excluding hydrogens is 404 g/mol. The van der Waals surface area contributed by atoms with Crippen molar-refractivity contribution < 1.29 is 9.53 Å². The summed E-state index contributed by atoms with van der Waals surface area (Å²) >= 11 is 6.09. The second kappa shape index (κ2) is 8.22. The van der Waals surface area contributed by atoms with Crippen molar-refractivity contribution in [3.8, 4) is 11.3 Å². The summed E-state index contributed by atoms with van der Waals surface area (Å²) in [4.78, 5) is 24.1. The lowest BCUT2D eigenvalue weighted by atomic mass is 10.0. The first-order valence-corrected chi connectivity index (χ1v) is 10.3. The van der Waals surface area contributed by atoms with E-state index in [1.165, 1.54) is 0 Å². The number of amides is 1. The van der Waals surface area contributed by atoms with Crippen LogP contribution in [-0.2, 0) is 11.3 Å². The third-order valence-corrected chi connectivity index (χ3v) is 5.84. The Balaban J connectivity index is 1.86. The summed E-state index contributed by atoms with van der Waals surface area (Å²) < 4.78 is 7.07. The zero-order valence-corrected chi connectivity index (χ0v) is 17.8. The average Bonchev–Trinajstić information content (AvgIpc) is 3.34. The number of aryl methyl sites for hydroxylation is 1. The summed E-state index contributed by atoms with van der Waals surface area (Å²) in [5.74, 6) is 0.307. The van der Waals surface area contributed by atoms with Gasteiger partial charge in [-0.3, -0.25) is 9.20 Å². The first-order valence-electron chi connectivity index (χ1n) is 9.88. The fourth-order valence-electron chi connectivity index (χ4n) is 4.15. The van der Waals surface area contributed by atoms with Crippen LogP contribution in [0.1, 0.15) is 34.6 Å². The van der Waals surface area contributed by atoms with E-state index in [1.54, 1.807) is 29.8 Å². The van der Waals surface area contributed by atoms with Crippen molar-refractivity contribution in [2.24, 2.45) is 5.73 Å². The predicted molar refractivity (Wildman–Crippen MR) is 116 cm³/mol. The molecule has 3 aromatic rings. The highest BCUT2D eigenvalue weighted by molar-refractivity contribution is 6.31. The molecule has 30 heavy (non-hydrogen) atoms. The van der Waals surface area contributed by atoms with E-state index in [9.17, 15) is 4.79 Å². The number of likely N-dealkylation sites (tertiary alicyclic amines) is 1. The number of hydrogen-bond acceptors (Lipinski definition) is 6. The Morgan fingerprint density at radius 1 is 1.37 bits per heavy atom. The molecular formula is C21H25ClN6O2. The quantitative estimate of drug-likeness (QED) is 0.604. The third kappa shape index (κ3) is 3.51. The van der Waals surface area contributed by atoms with E-state index in [2.05, 4.69) is 9.97 Å². The van der Waals surface area contributed by atoms with E-state index in [4.69, 9.17) is 27.8 Å². The molecule has 0 unspecified atom stereocenters. The number of hydrogen-bond donors (Lipinski definition) is 2. The lowest BCUT2D eigenvalue weighted by Gasteiger charge is -2.23. The van der Waals surface area contributed by atoms with Gasteiger partial charge >= 0.3 is 0 Å². The smallest absolute Gasteiger partial charge is 0.274 e. The Labute approximate surface area is 179 Å². The maximum atomic E-state index is 13.2. The maximum Gasteiger partial charge on any atom is 0.274 e. The van der Waals surface area contributed by atoms with Gasteiger partial charge in [0, 0.05) is 53.9 Å². The van der Waals surface area contributed by atoms with Crippen LogP contribution in [0.2, 0.25) is 5.02 Å². The number of nitrogen functional groups attached to an aromatic ring is 1. The minimum absolute atomic E-state index is 0.0630. The number of ether oxygens (including phenoxy) is 1. The van der Waals surface area contributed by atoms with Gasteiger partial charge in [0.2, 0.25) is 5.78 Å². The van der Waals surface area contributed by atoms with Crippen molar-refractivity contribution in [2.45, 2.75) is 32.4 Å². The van der Waals surface area contributed by atoms with Crippen LogP contribution in [0.5, 0.6) is 0 Å². The molecule has 1 aliphatic rings. The number of nitrogens with two attached hydrogens (primary N) is 2. The van der Waals surface area contributed by atoms with Crippen LogP contribution in [0.15, 0.2) is 24.4 Å². The fourth-order valence-corrected chi connectivity index (χ4v) is 4.33. The Hall–Kier alpha value is -2.68.